The summed E-state index contributed by atoms with van der Waals surface area (Å²) in [6, 6.07) is 8.58. The lowest BCUT2D eigenvalue weighted by atomic mass is 9.78. The molecule has 0 N–H and O–H groups in total. The number of pyridine rings is 1. The number of methoxy groups -OCH3 is 1. The second kappa shape index (κ2) is 8.87. The Morgan fingerprint density at radius 3 is 2.36 bits per heavy atom. The zero-order chi connectivity index (χ0) is 23.8. The summed E-state index contributed by atoms with van der Waals surface area (Å²) in [5.74, 6) is -0.669. The Hall–Kier alpha value is -2.78. The lowest BCUT2D eigenvalue weighted by Gasteiger charge is -2.38. The van der Waals surface area contributed by atoms with Gasteiger partial charge in [0, 0.05) is 32.4 Å². The Morgan fingerprint density at radius 1 is 1.03 bits per heavy atom. The molecule has 33 heavy (non-hydrogen) atoms. The molecule has 2 aromatic rings. The van der Waals surface area contributed by atoms with Gasteiger partial charge in [0.15, 0.2) is 0 Å². The fourth-order valence-electron chi connectivity index (χ4n) is 4.76. The molecule has 0 aliphatic carbocycles. The number of piperidine rings is 1. The van der Waals surface area contributed by atoms with E-state index in [1.807, 2.05) is 26.0 Å². The third-order valence-corrected chi connectivity index (χ3v) is 8.91. The summed E-state index contributed by atoms with van der Waals surface area (Å²) in [7, 11) is -2.25. The minimum atomic E-state index is -3.54. The fourth-order valence-corrected chi connectivity index (χ4v) is 6.51. The highest BCUT2D eigenvalue weighted by Crippen LogP contribution is 2.42. The average molecular weight is 472 g/mol. The number of hydrogen-bond donors (Lipinski definition) is 0. The summed E-state index contributed by atoms with van der Waals surface area (Å²) < 4.78 is 32.7. The third kappa shape index (κ3) is 4.52. The highest BCUT2D eigenvalue weighted by atomic mass is 32.2. The van der Waals surface area contributed by atoms with Gasteiger partial charge in [0.05, 0.1) is 17.6 Å². The van der Waals surface area contributed by atoms with E-state index in [1.54, 1.807) is 21.3 Å². The van der Waals surface area contributed by atoms with Gasteiger partial charge in [-0.05, 0) is 67.9 Å². The first kappa shape index (κ1) is 23.4. The van der Waals surface area contributed by atoms with Crippen LogP contribution in [0.25, 0.3) is 0 Å². The van der Waals surface area contributed by atoms with Crippen molar-refractivity contribution in [1.29, 1.82) is 0 Å². The maximum atomic E-state index is 13.2. The first-order valence-corrected chi connectivity index (χ1v) is 12.5. The van der Waals surface area contributed by atoms with Gasteiger partial charge >= 0.3 is 5.97 Å². The van der Waals surface area contributed by atoms with E-state index in [0.717, 1.165) is 30.4 Å². The molecule has 0 saturated carbocycles. The van der Waals surface area contributed by atoms with Crippen LogP contribution in [-0.4, -0.2) is 67.8 Å². The van der Waals surface area contributed by atoms with Gasteiger partial charge < -0.3 is 9.64 Å². The van der Waals surface area contributed by atoms with Crippen molar-refractivity contribution in [1.82, 2.24) is 14.2 Å². The van der Waals surface area contributed by atoms with Crippen molar-refractivity contribution in [3.05, 3.63) is 58.9 Å². The van der Waals surface area contributed by atoms with Crippen molar-refractivity contribution < 1.29 is 22.7 Å². The van der Waals surface area contributed by atoms with Crippen LogP contribution in [0.4, 0.5) is 0 Å². The molecule has 3 heterocycles. The van der Waals surface area contributed by atoms with E-state index >= 15 is 0 Å². The molecule has 0 bridgehead atoms. The number of esters is 1. The zero-order valence-corrected chi connectivity index (χ0v) is 20.0. The van der Waals surface area contributed by atoms with E-state index in [-0.39, 0.29) is 17.0 Å². The summed E-state index contributed by atoms with van der Waals surface area (Å²) >= 11 is 0. The number of carbonyl (C=O) groups excluding carboxylic acids is 2. The van der Waals surface area contributed by atoms with Gasteiger partial charge in [0.2, 0.25) is 10.0 Å². The first-order valence-electron chi connectivity index (χ1n) is 11.1. The van der Waals surface area contributed by atoms with Gasteiger partial charge in [-0.15, -0.1) is 0 Å². The van der Waals surface area contributed by atoms with Crippen LogP contribution < -0.4 is 0 Å². The van der Waals surface area contributed by atoms with Gasteiger partial charge in [-0.25, -0.2) is 13.2 Å². The third-order valence-electron chi connectivity index (χ3n) is 6.87. The maximum Gasteiger partial charge on any atom is 0.339 e. The summed E-state index contributed by atoms with van der Waals surface area (Å²) in [4.78, 5) is 30.8. The molecule has 1 amide bonds. The first-order chi connectivity index (χ1) is 15.6. The zero-order valence-electron chi connectivity index (χ0n) is 19.2. The number of ether oxygens (including phenoxy) is 1. The van der Waals surface area contributed by atoms with E-state index in [9.17, 15) is 18.0 Å². The second-order valence-electron chi connectivity index (χ2n) is 9.07. The Morgan fingerprint density at radius 2 is 1.73 bits per heavy atom. The predicted molar refractivity (Wildman–Crippen MR) is 122 cm³/mol. The monoisotopic (exact) mass is 471 g/mol. The Bertz CT molecular complexity index is 1170. The number of nitrogens with zero attached hydrogens (tertiary/aromatic N) is 3. The largest absolute Gasteiger partial charge is 0.465 e. The molecule has 0 unspecified atom stereocenters. The van der Waals surface area contributed by atoms with Gasteiger partial charge in [0.1, 0.15) is 5.69 Å². The van der Waals surface area contributed by atoms with Crippen molar-refractivity contribution in [2.45, 2.75) is 38.0 Å². The molecule has 2 fully saturated rings. The van der Waals surface area contributed by atoms with Crippen molar-refractivity contribution >= 4 is 21.9 Å². The normalized spacial score (nSPS) is 18.5. The standard InChI is InChI=1S/C24H29N3O5S/c1-17-4-5-18(2)21(14-17)33(30,31)27-12-9-24(10-13-27)8-11-26(16-24)22(28)20-7-6-19(15-25-20)23(29)32-3/h4-7,14-15H,8-13,16H2,1-3H3. The number of aryl methyl sites for hydroxylation is 2. The van der Waals surface area contributed by atoms with Gasteiger partial charge in [-0.2, -0.15) is 4.31 Å². The van der Waals surface area contributed by atoms with Crippen LogP contribution in [0.2, 0.25) is 0 Å². The molecule has 1 spiro atoms. The second-order valence-corrected chi connectivity index (χ2v) is 11.0. The highest BCUT2D eigenvalue weighted by Gasteiger charge is 2.44. The summed E-state index contributed by atoms with van der Waals surface area (Å²) in [6.07, 6.45) is 3.63. The molecule has 1 aromatic heterocycles. The molecule has 2 aliphatic rings. The van der Waals surface area contributed by atoms with Crippen LogP contribution in [0.1, 0.15) is 51.2 Å². The average Bonchev–Trinajstić information content (AvgIpc) is 3.23. The fraction of sp³-hybridized carbons (Fsp3) is 0.458. The molecule has 176 valence electrons. The minimum absolute atomic E-state index is 0.0741. The molecule has 8 nitrogen and oxygen atoms in total. The number of likely N-dealkylation sites (tertiary alicyclic amines) is 1. The number of aromatic nitrogens is 1. The van der Waals surface area contributed by atoms with Crippen LogP contribution in [0.5, 0.6) is 0 Å². The van der Waals surface area contributed by atoms with Gasteiger partial charge in [0.25, 0.3) is 5.91 Å². The molecule has 2 aliphatic heterocycles. The quantitative estimate of drug-likeness (QED) is 0.636. The molecule has 0 atom stereocenters. The Kier molecular flexibility index (Phi) is 6.28. The van der Waals surface area contributed by atoms with E-state index in [1.165, 1.54) is 19.4 Å². The van der Waals surface area contributed by atoms with Crippen LogP contribution in [-0.2, 0) is 14.8 Å². The van der Waals surface area contributed by atoms with Crippen molar-refractivity contribution in [3.8, 4) is 0 Å². The SMILES string of the molecule is COC(=O)c1ccc(C(=O)N2CCC3(CCN(S(=O)(=O)c4cc(C)ccc4C)CC3)C2)nc1. The Labute approximate surface area is 194 Å². The molecule has 9 heteroatoms. The lowest BCUT2D eigenvalue weighted by Crippen LogP contribution is -2.44. The number of hydrogen-bond acceptors (Lipinski definition) is 6. The molecular formula is C24H29N3O5S. The van der Waals surface area contributed by atoms with Crippen LogP contribution in [0.3, 0.4) is 0 Å². The number of benzene rings is 1. The van der Waals surface area contributed by atoms with E-state index in [0.29, 0.717) is 36.6 Å². The van der Waals surface area contributed by atoms with Crippen LogP contribution in [0.15, 0.2) is 41.4 Å². The molecule has 1 aromatic carbocycles. The molecule has 2 saturated heterocycles. The van der Waals surface area contributed by atoms with Gasteiger partial charge in [-0.3, -0.25) is 9.78 Å². The Balaban J connectivity index is 1.41. The number of sulfonamides is 1. The molecular weight excluding hydrogens is 442 g/mol. The highest BCUT2D eigenvalue weighted by molar-refractivity contribution is 7.89. The van der Waals surface area contributed by atoms with Crippen LogP contribution in [0, 0.1) is 19.3 Å². The number of amides is 1. The van der Waals surface area contributed by atoms with Crippen LogP contribution >= 0.6 is 0 Å². The number of rotatable bonds is 4. The number of carbonyl (C=O) groups is 2. The predicted octanol–water partition coefficient (Wildman–Crippen LogP) is 2.80. The van der Waals surface area contributed by atoms with Gasteiger partial charge in [-0.1, -0.05) is 12.1 Å². The van der Waals surface area contributed by atoms with E-state index < -0.39 is 16.0 Å². The minimum Gasteiger partial charge on any atom is -0.465 e. The summed E-state index contributed by atoms with van der Waals surface area (Å²) in [6.45, 7) is 5.82. The topological polar surface area (TPSA) is 96.9 Å². The molecule has 0 radical (unpaired) electrons. The van der Waals surface area contributed by atoms with Crippen molar-refractivity contribution in [3.63, 3.8) is 0 Å². The van der Waals surface area contributed by atoms with Crippen molar-refractivity contribution in [2.75, 3.05) is 33.3 Å². The summed E-state index contributed by atoms with van der Waals surface area (Å²) in [5, 5.41) is 0. The summed E-state index contributed by atoms with van der Waals surface area (Å²) in [5.41, 5.74) is 2.18. The van der Waals surface area contributed by atoms with E-state index in [2.05, 4.69) is 9.72 Å². The smallest absolute Gasteiger partial charge is 0.339 e. The van der Waals surface area contributed by atoms with Crippen molar-refractivity contribution in [2.24, 2.45) is 5.41 Å². The maximum absolute atomic E-state index is 13.2. The molecule has 4 rings (SSSR count). The lowest BCUT2D eigenvalue weighted by molar-refractivity contribution is 0.0599. The van der Waals surface area contributed by atoms with E-state index in [4.69, 9.17) is 0 Å².